The molecule has 1 aliphatic carbocycles. The Morgan fingerprint density at radius 2 is 1.19 bits per heavy atom. The Kier molecular flexibility index (Phi) is 8.23. The van der Waals surface area contributed by atoms with E-state index in [0.29, 0.717) is 0 Å². The second kappa shape index (κ2) is 11.8. The molecule has 1 saturated carbocycles. The van der Waals surface area contributed by atoms with E-state index in [0.717, 1.165) is 36.3 Å². The molecule has 190 valence electrons. The largest absolute Gasteiger partial charge is 0.313 e. The number of nitrogens with one attached hydrogen (secondary N) is 2. The first kappa shape index (κ1) is 25.9. The van der Waals surface area contributed by atoms with Gasteiger partial charge in [-0.25, -0.2) is 5.09 Å². The van der Waals surface area contributed by atoms with Crippen LogP contribution in [0, 0.1) is 5.92 Å². The van der Waals surface area contributed by atoms with Crippen molar-refractivity contribution >= 4 is 26.5 Å². The average molecular weight is 529 g/mol. The van der Waals surface area contributed by atoms with Crippen LogP contribution in [-0.4, -0.2) is 6.17 Å². The second-order valence-corrected chi connectivity index (χ2v) is 12.9. The van der Waals surface area contributed by atoms with Crippen molar-refractivity contribution in [3.63, 3.8) is 0 Å². The molecule has 1 fully saturated rings. The molecule has 0 spiro atoms. The van der Waals surface area contributed by atoms with E-state index in [2.05, 4.69) is 70.8 Å². The Morgan fingerprint density at radius 1 is 0.730 bits per heavy atom. The highest BCUT2D eigenvalue weighted by Gasteiger charge is 2.43. The van der Waals surface area contributed by atoms with E-state index < -0.39 is 15.9 Å². The molecule has 4 nitrogen and oxygen atoms in total. The molecule has 6 heteroatoms. The van der Waals surface area contributed by atoms with E-state index in [1.165, 1.54) is 11.1 Å². The lowest BCUT2D eigenvalue weighted by molar-refractivity contribution is 0.212. The first-order valence-corrected chi connectivity index (χ1v) is 15.7. The van der Waals surface area contributed by atoms with Gasteiger partial charge in [0.05, 0.1) is 6.17 Å². The molecule has 2 N–H and O–H groups in total. The van der Waals surface area contributed by atoms with Crippen LogP contribution >= 0.6 is 15.9 Å². The van der Waals surface area contributed by atoms with Gasteiger partial charge < -0.3 is 4.57 Å². The lowest BCUT2D eigenvalue weighted by Gasteiger charge is -2.45. The summed E-state index contributed by atoms with van der Waals surface area (Å²) in [6.45, 7) is 0. The van der Waals surface area contributed by atoms with Crippen LogP contribution in [0.25, 0.3) is 0 Å². The highest BCUT2D eigenvalue weighted by Crippen LogP contribution is 2.49. The topological polar surface area (TPSA) is 58.2 Å². The Morgan fingerprint density at radius 3 is 1.65 bits per heavy atom. The van der Waals surface area contributed by atoms with Crippen molar-refractivity contribution < 1.29 is 9.13 Å². The van der Waals surface area contributed by atoms with Crippen LogP contribution in [0.3, 0.4) is 0 Å². The van der Waals surface area contributed by atoms with Gasteiger partial charge >= 0.3 is 0 Å². The fraction of sp³-hybridized carbons (Fsp3) is 0.226. The molecule has 0 radical (unpaired) electrons. The third kappa shape index (κ3) is 5.44. The summed E-state index contributed by atoms with van der Waals surface area (Å²) in [4.78, 5) is 0. The standard InChI is InChI=1S/C31H34N2O2P2/c34-36-32-30(33-37(35,28-19-9-3-10-20-28)29-21-11-4-12-22-29)25-14-13-23-31(24-25,26-15-5-1-6-16-26)27-17-7-2-8-18-27/h1-12,15-22,25,30H,13-14,23-24,36H2,(H,32,34)(H,33,35). The van der Waals surface area contributed by atoms with Gasteiger partial charge in [0.15, 0.2) is 0 Å². The molecule has 37 heavy (non-hydrogen) atoms. The average Bonchev–Trinajstić information content (AvgIpc) is 2.98. The second-order valence-electron chi connectivity index (χ2n) is 9.84. The van der Waals surface area contributed by atoms with E-state index in [1.54, 1.807) is 0 Å². The molecule has 0 aromatic heterocycles. The fourth-order valence-electron chi connectivity index (χ4n) is 5.93. The molecule has 1 aliphatic rings. The fourth-order valence-corrected chi connectivity index (χ4v) is 9.03. The van der Waals surface area contributed by atoms with Gasteiger partial charge in [0, 0.05) is 16.0 Å². The quantitative estimate of drug-likeness (QED) is 0.199. The molecule has 5 rings (SSSR count). The van der Waals surface area contributed by atoms with Crippen molar-refractivity contribution in [3.05, 3.63) is 132 Å². The lowest BCUT2D eigenvalue weighted by Crippen LogP contribution is -2.49. The Balaban J connectivity index is 1.54. The molecule has 0 bridgehead atoms. The minimum atomic E-state index is -3.20. The number of hydrogen-bond donors (Lipinski definition) is 2. The van der Waals surface area contributed by atoms with E-state index in [9.17, 15) is 9.13 Å². The third-order valence-electron chi connectivity index (χ3n) is 7.72. The summed E-state index contributed by atoms with van der Waals surface area (Å²) in [5, 5.41) is 8.28. The molecule has 3 atom stereocenters. The molecule has 0 amide bonds. The van der Waals surface area contributed by atoms with Crippen LogP contribution in [0.2, 0.25) is 0 Å². The lowest BCUT2D eigenvalue weighted by atomic mass is 9.62. The maximum atomic E-state index is 14.8. The smallest absolute Gasteiger partial charge is 0.205 e. The molecule has 0 aliphatic heterocycles. The molecular weight excluding hydrogens is 494 g/mol. The molecule has 0 saturated heterocycles. The summed E-state index contributed by atoms with van der Waals surface area (Å²) < 4.78 is 26.9. The zero-order chi connectivity index (χ0) is 25.6. The van der Waals surface area contributed by atoms with Gasteiger partial charge in [0.25, 0.3) is 0 Å². The van der Waals surface area contributed by atoms with E-state index in [-0.39, 0.29) is 17.5 Å². The number of benzene rings is 4. The zero-order valence-electron chi connectivity index (χ0n) is 20.9. The van der Waals surface area contributed by atoms with E-state index in [1.807, 2.05) is 60.7 Å². The highest BCUT2D eigenvalue weighted by atomic mass is 31.2. The first-order valence-electron chi connectivity index (χ1n) is 13.0. The predicted molar refractivity (Wildman–Crippen MR) is 156 cm³/mol. The Bertz CT molecular complexity index is 1250. The SMILES string of the molecule is O=[PH2]NC(NP(=O)(c1ccccc1)c1ccccc1)C1CCCC(c2ccccc2)(c2ccccc2)C1. The van der Waals surface area contributed by atoms with Crippen LogP contribution in [-0.2, 0) is 14.5 Å². The van der Waals surface area contributed by atoms with Crippen LogP contribution in [0.1, 0.15) is 36.8 Å². The van der Waals surface area contributed by atoms with Crippen molar-refractivity contribution in [1.82, 2.24) is 10.2 Å². The Hall–Kier alpha value is -2.74. The van der Waals surface area contributed by atoms with E-state index >= 15 is 0 Å². The zero-order valence-corrected chi connectivity index (χ0v) is 22.9. The molecule has 4 aromatic rings. The van der Waals surface area contributed by atoms with Gasteiger partial charge in [-0.3, -0.25) is 9.65 Å². The number of hydrogen-bond acceptors (Lipinski definition) is 2. The van der Waals surface area contributed by atoms with Gasteiger partial charge in [-0.1, -0.05) is 103 Å². The van der Waals surface area contributed by atoms with Crippen molar-refractivity contribution in [2.45, 2.75) is 37.3 Å². The van der Waals surface area contributed by atoms with Crippen LogP contribution < -0.4 is 20.8 Å². The highest BCUT2D eigenvalue weighted by molar-refractivity contribution is 7.77. The van der Waals surface area contributed by atoms with Crippen LogP contribution in [0.4, 0.5) is 0 Å². The van der Waals surface area contributed by atoms with Gasteiger partial charge in [-0.2, -0.15) is 0 Å². The van der Waals surface area contributed by atoms with Crippen LogP contribution in [0.5, 0.6) is 0 Å². The molecule has 3 unspecified atom stereocenters. The minimum Gasteiger partial charge on any atom is -0.313 e. The number of rotatable bonds is 9. The normalized spacial score (nSPS) is 18.5. The van der Waals surface area contributed by atoms with Gasteiger partial charge in [0.2, 0.25) is 7.29 Å². The van der Waals surface area contributed by atoms with Gasteiger partial charge in [0.1, 0.15) is 8.61 Å². The van der Waals surface area contributed by atoms with Crippen molar-refractivity contribution in [2.75, 3.05) is 0 Å². The predicted octanol–water partition coefficient (Wildman–Crippen LogP) is 6.27. The van der Waals surface area contributed by atoms with Gasteiger partial charge in [-0.15, -0.1) is 0 Å². The summed E-state index contributed by atoms with van der Waals surface area (Å²) in [7, 11) is -4.43. The van der Waals surface area contributed by atoms with Gasteiger partial charge in [-0.05, 0) is 60.6 Å². The van der Waals surface area contributed by atoms with E-state index in [4.69, 9.17) is 0 Å². The Labute approximate surface area is 221 Å². The molecule has 0 heterocycles. The maximum absolute atomic E-state index is 14.8. The summed E-state index contributed by atoms with van der Waals surface area (Å²) in [5.41, 5.74) is 2.44. The summed E-state index contributed by atoms with van der Waals surface area (Å²) >= 11 is 0. The summed E-state index contributed by atoms with van der Waals surface area (Å²) in [6.07, 6.45) is 3.56. The minimum absolute atomic E-state index is 0.136. The van der Waals surface area contributed by atoms with Crippen molar-refractivity contribution in [3.8, 4) is 0 Å². The monoisotopic (exact) mass is 528 g/mol. The molecular formula is C31H34N2O2P2. The molecule has 4 aromatic carbocycles. The summed E-state index contributed by atoms with van der Waals surface area (Å²) in [5.74, 6) is 0.136. The van der Waals surface area contributed by atoms with Crippen molar-refractivity contribution in [1.29, 1.82) is 0 Å². The first-order chi connectivity index (χ1) is 18.2. The van der Waals surface area contributed by atoms with Crippen LogP contribution in [0.15, 0.2) is 121 Å². The third-order valence-corrected chi connectivity index (χ3v) is 10.9. The maximum Gasteiger partial charge on any atom is 0.205 e. The summed E-state index contributed by atoms with van der Waals surface area (Å²) in [6, 6.07) is 40.7. The van der Waals surface area contributed by atoms with Crippen molar-refractivity contribution in [2.24, 2.45) is 5.92 Å².